The Kier molecular flexibility index (Phi) is 7.45. The molecule has 0 radical (unpaired) electrons. The molecule has 4 aromatic rings. The predicted octanol–water partition coefficient (Wildman–Crippen LogP) is 3.72. The fourth-order valence-electron chi connectivity index (χ4n) is 4.37. The summed E-state index contributed by atoms with van der Waals surface area (Å²) in [4.78, 5) is 37.8. The highest BCUT2D eigenvalue weighted by atomic mass is 35.5. The highest BCUT2D eigenvalue weighted by Gasteiger charge is 2.25. The summed E-state index contributed by atoms with van der Waals surface area (Å²) in [6.07, 6.45) is 4.37. The first kappa shape index (κ1) is 24.9. The standard InChI is InChI=1S/C27H26ClN5O4/c28-22-10-17(27(36)30-11-16-4-2-1-3-5-16)6-9-20(22)24(35)21-12-29-25-23(21)26(32-15-31-25)33-18-7-8-19(13-34)37-14-18/h1-6,9-10,12,15,18-19,34H,7-8,11,13-14H2,(H,30,36)(H2,29,31,32,33)/t18-,19+/m1/s1. The van der Waals surface area contributed by atoms with E-state index >= 15 is 0 Å². The molecule has 5 rings (SSSR count). The normalized spacial score (nSPS) is 17.5. The Bertz CT molecular complexity index is 1420. The number of rotatable bonds is 8. The molecule has 1 amide bonds. The minimum Gasteiger partial charge on any atom is -0.394 e. The van der Waals surface area contributed by atoms with Gasteiger partial charge in [-0.25, -0.2) is 9.97 Å². The van der Waals surface area contributed by atoms with Crippen LogP contribution in [0.4, 0.5) is 5.82 Å². The van der Waals surface area contributed by atoms with E-state index in [-0.39, 0.29) is 41.0 Å². The molecule has 0 spiro atoms. The molecule has 0 bridgehead atoms. The van der Waals surface area contributed by atoms with Crippen molar-refractivity contribution < 1.29 is 19.4 Å². The predicted molar refractivity (Wildman–Crippen MR) is 140 cm³/mol. The first-order valence-electron chi connectivity index (χ1n) is 12.0. The van der Waals surface area contributed by atoms with Gasteiger partial charge in [0.15, 0.2) is 5.78 Å². The van der Waals surface area contributed by atoms with Crippen LogP contribution in [0.25, 0.3) is 11.0 Å². The van der Waals surface area contributed by atoms with Crippen LogP contribution < -0.4 is 10.6 Å². The SMILES string of the molecule is O=C(NCc1ccccc1)c1ccc(C(=O)c2c[nH]c3ncnc(N[C@@H]4CC[C@@H](CO)OC4)c23)c(Cl)c1. The van der Waals surface area contributed by atoms with E-state index in [9.17, 15) is 14.7 Å². The second-order valence-electron chi connectivity index (χ2n) is 8.90. The van der Waals surface area contributed by atoms with Gasteiger partial charge < -0.3 is 25.5 Å². The fraction of sp³-hybridized carbons (Fsp3) is 0.259. The maximum Gasteiger partial charge on any atom is 0.251 e. The lowest BCUT2D eigenvalue weighted by Crippen LogP contribution is -2.36. The summed E-state index contributed by atoms with van der Waals surface area (Å²) in [5.41, 5.74) is 2.49. The number of amides is 1. The van der Waals surface area contributed by atoms with E-state index in [0.717, 1.165) is 18.4 Å². The number of nitrogens with zero attached hydrogens (tertiary/aromatic N) is 2. The molecule has 0 saturated carbocycles. The van der Waals surface area contributed by atoms with Crippen LogP contribution in [0.15, 0.2) is 61.1 Å². The van der Waals surface area contributed by atoms with Gasteiger partial charge >= 0.3 is 0 Å². The van der Waals surface area contributed by atoms with E-state index < -0.39 is 0 Å². The van der Waals surface area contributed by atoms with E-state index in [1.807, 2.05) is 30.3 Å². The lowest BCUT2D eigenvalue weighted by molar-refractivity contribution is -0.0224. The average molecular weight is 520 g/mol. The number of aromatic amines is 1. The molecule has 0 aliphatic carbocycles. The van der Waals surface area contributed by atoms with Crippen LogP contribution in [0.3, 0.4) is 0 Å². The van der Waals surface area contributed by atoms with Gasteiger partial charge in [-0.05, 0) is 36.6 Å². The third-order valence-corrected chi connectivity index (χ3v) is 6.71. The maximum atomic E-state index is 13.5. The second-order valence-corrected chi connectivity index (χ2v) is 9.30. The smallest absolute Gasteiger partial charge is 0.251 e. The minimum absolute atomic E-state index is 0.00479. The zero-order valence-electron chi connectivity index (χ0n) is 19.9. The quantitative estimate of drug-likeness (QED) is 0.261. The Balaban J connectivity index is 1.34. The van der Waals surface area contributed by atoms with Gasteiger partial charge in [-0.1, -0.05) is 41.9 Å². The van der Waals surface area contributed by atoms with Crippen molar-refractivity contribution in [3.8, 4) is 0 Å². The Morgan fingerprint density at radius 2 is 1.95 bits per heavy atom. The summed E-state index contributed by atoms with van der Waals surface area (Å²) in [6.45, 7) is 0.801. The number of benzene rings is 2. The Morgan fingerprint density at radius 1 is 1.11 bits per heavy atom. The lowest BCUT2D eigenvalue weighted by atomic mass is 10.0. The summed E-state index contributed by atoms with van der Waals surface area (Å²) in [5.74, 6) is -0.0841. The number of aliphatic hydroxyl groups excluding tert-OH is 1. The third kappa shape index (κ3) is 5.48. The van der Waals surface area contributed by atoms with Gasteiger partial charge in [-0.2, -0.15) is 0 Å². The minimum atomic E-state index is -0.314. The number of halogens is 1. The number of H-pyrrole nitrogens is 1. The van der Waals surface area contributed by atoms with Crippen LogP contribution in [0.1, 0.15) is 44.7 Å². The molecule has 1 fully saturated rings. The molecule has 190 valence electrons. The van der Waals surface area contributed by atoms with Crippen molar-refractivity contribution in [1.82, 2.24) is 20.3 Å². The van der Waals surface area contributed by atoms with E-state index in [0.29, 0.717) is 41.1 Å². The molecule has 1 saturated heterocycles. The number of hydrogen-bond acceptors (Lipinski definition) is 7. The zero-order valence-corrected chi connectivity index (χ0v) is 20.7. The average Bonchev–Trinajstić information content (AvgIpc) is 3.37. The van der Waals surface area contributed by atoms with Crippen LogP contribution in [0.5, 0.6) is 0 Å². The summed E-state index contributed by atoms with van der Waals surface area (Å²) in [5, 5.41) is 16.2. The van der Waals surface area contributed by atoms with Crippen molar-refractivity contribution in [2.45, 2.75) is 31.5 Å². The summed E-state index contributed by atoms with van der Waals surface area (Å²) in [7, 11) is 0. The zero-order chi connectivity index (χ0) is 25.8. The molecular weight excluding hydrogens is 494 g/mol. The topological polar surface area (TPSA) is 129 Å². The molecule has 9 nitrogen and oxygen atoms in total. The van der Waals surface area contributed by atoms with Gasteiger partial charge in [0, 0.05) is 23.9 Å². The number of ether oxygens (including phenoxy) is 1. The Labute approximate surface area is 218 Å². The molecule has 2 aromatic heterocycles. The molecule has 10 heteroatoms. The number of ketones is 1. The van der Waals surface area contributed by atoms with Gasteiger partial charge in [-0.15, -0.1) is 0 Å². The van der Waals surface area contributed by atoms with Crippen molar-refractivity contribution in [2.24, 2.45) is 0 Å². The molecule has 2 atom stereocenters. The maximum absolute atomic E-state index is 13.5. The van der Waals surface area contributed by atoms with Crippen molar-refractivity contribution in [2.75, 3.05) is 18.5 Å². The molecule has 0 unspecified atom stereocenters. The van der Waals surface area contributed by atoms with Gasteiger partial charge in [0.25, 0.3) is 5.91 Å². The number of aliphatic hydroxyl groups is 1. The van der Waals surface area contributed by atoms with Gasteiger partial charge in [0.2, 0.25) is 0 Å². The number of fused-ring (bicyclic) bond motifs is 1. The first-order chi connectivity index (χ1) is 18.0. The third-order valence-electron chi connectivity index (χ3n) is 6.40. The molecule has 37 heavy (non-hydrogen) atoms. The highest BCUT2D eigenvalue weighted by Crippen LogP contribution is 2.29. The Hall–Kier alpha value is -3.79. The number of nitrogens with one attached hydrogen (secondary N) is 3. The molecular formula is C27H26ClN5O4. The van der Waals surface area contributed by atoms with Crippen molar-refractivity contribution in [1.29, 1.82) is 0 Å². The largest absolute Gasteiger partial charge is 0.394 e. The second kappa shape index (κ2) is 11.1. The molecule has 1 aliphatic rings. The van der Waals surface area contributed by atoms with E-state index in [1.165, 1.54) is 12.4 Å². The van der Waals surface area contributed by atoms with Gasteiger partial charge in [0.05, 0.1) is 41.3 Å². The molecule has 2 aromatic carbocycles. The van der Waals surface area contributed by atoms with Crippen molar-refractivity contribution in [3.63, 3.8) is 0 Å². The van der Waals surface area contributed by atoms with Crippen LogP contribution in [0.2, 0.25) is 5.02 Å². The van der Waals surface area contributed by atoms with Gasteiger partial charge in [0.1, 0.15) is 17.8 Å². The number of aromatic nitrogens is 3. The first-order valence-corrected chi connectivity index (χ1v) is 12.4. The fourth-order valence-corrected chi connectivity index (χ4v) is 4.64. The van der Waals surface area contributed by atoms with E-state index in [4.69, 9.17) is 16.3 Å². The number of hydrogen-bond donors (Lipinski definition) is 4. The summed E-state index contributed by atoms with van der Waals surface area (Å²) in [6, 6.07) is 14.2. The summed E-state index contributed by atoms with van der Waals surface area (Å²) >= 11 is 6.48. The monoisotopic (exact) mass is 519 g/mol. The number of anilines is 1. The van der Waals surface area contributed by atoms with E-state index in [2.05, 4.69) is 25.6 Å². The van der Waals surface area contributed by atoms with Crippen LogP contribution in [-0.2, 0) is 11.3 Å². The van der Waals surface area contributed by atoms with Crippen molar-refractivity contribution in [3.05, 3.63) is 88.3 Å². The van der Waals surface area contributed by atoms with E-state index in [1.54, 1.807) is 18.3 Å². The Morgan fingerprint density at radius 3 is 2.68 bits per heavy atom. The lowest BCUT2D eigenvalue weighted by Gasteiger charge is -2.29. The molecule has 4 N–H and O–H groups in total. The molecule has 3 heterocycles. The van der Waals surface area contributed by atoms with Crippen LogP contribution in [0, 0.1) is 0 Å². The van der Waals surface area contributed by atoms with Crippen molar-refractivity contribution >= 4 is 40.1 Å². The number of carbonyl (C=O) groups excluding carboxylic acids is 2. The number of carbonyl (C=O) groups is 2. The van der Waals surface area contributed by atoms with Crippen LogP contribution in [-0.4, -0.2) is 57.1 Å². The molecule has 1 aliphatic heterocycles. The highest BCUT2D eigenvalue weighted by molar-refractivity contribution is 6.36. The van der Waals surface area contributed by atoms with Gasteiger partial charge in [-0.3, -0.25) is 9.59 Å². The summed E-state index contributed by atoms with van der Waals surface area (Å²) < 4.78 is 5.66. The van der Waals surface area contributed by atoms with Crippen LogP contribution >= 0.6 is 11.6 Å².